The number of anilines is 1. The van der Waals surface area contributed by atoms with E-state index in [1.807, 2.05) is 20.8 Å². The maximum absolute atomic E-state index is 12.8. The first-order chi connectivity index (χ1) is 13.2. The molecule has 8 nitrogen and oxygen atoms in total. The Balaban J connectivity index is 1.91. The first kappa shape index (κ1) is 19.7. The van der Waals surface area contributed by atoms with E-state index in [9.17, 15) is 18.0 Å². The van der Waals surface area contributed by atoms with Gasteiger partial charge in [-0.25, -0.2) is 13.2 Å². The molecule has 0 aliphatic rings. The lowest BCUT2D eigenvalue weighted by Gasteiger charge is -2.19. The number of H-pyrrole nitrogens is 2. The lowest BCUT2D eigenvalue weighted by atomic mass is 10.1. The normalized spacial score (nSPS) is 12.9. The molecule has 0 bridgehead atoms. The summed E-state index contributed by atoms with van der Waals surface area (Å²) in [6, 6.07) is 10.6. The van der Waals surface area contributed by atoms with Crippen molar-refractivity contribution in [1.82, 2.24) is 15.3 Å². The Morgan fingerprint density at radius 3 is 2.39 bits per heavy atom. The highest BCUT2D eigenvalue weighted by molar-refractivity contribution is 7.92. The lowest BCUT2D eigenvalue weighted by Crippen LogP contribution is -2.36. The van der Waals surface area contributed by atoms with E-state index in [1.165, 1.54) is 24.3 Å². The van der Waals surface area contributed by atoms with Crippen LogP contribution in [0.3, 0.4) is 0 Å². The predicted octanol–water partition coefficient (Wildman–Crippen LogP) is 2.43. The largest absolute Gasteiger partial charge is 0.349 e. The minimum absolute atomic E-state index is 0.0268. The van der Waals surface area contributed by atoms with Gasteiger partial charge in [-0.1, -0.05) is 26.0 Å². The summed E-state index contributed by atoms with van der Waals surface area (Å²) >= 11 is 0. The van der Waals surface area contributed by atoms with E-state index >= 15 is 0 Å². The van der Waals surface area contributed by atoms with Gasteiger partial charge in [-0.05, 0) is 43.2 Å². The zero-order valence-corrected chi connectivity index (χ0v) is 16.6. The number of benzene rings is 2. The van der Waals surface area contributed by atoms with Crippen molar-refractivity contribution >= 4 is 32.7 Å². The van der Waals surface area contributed by atoms with Gasteiger partial charge in [0.1, 0.15) is 0 Å². The first-order valence-electron chi connectivity index (χ1n) is 8.82. The number of rotatable bonds is 6. The van der Waals surface area contributed by atoms with E-state index in [4.69, 9.17) is 0 Å². The van der Waals surface area contributed by atoms with Gasteiger partial charge in [0, 0.05) is 6.04 Å². The van der Waals surface area contributed by atoms with E-state index in [2.05, 4.69) is 20.0 Å². The number of carbonyl (C=O) groups excluding carboxylic acids is 1. The number of aromatic amines is 2. The summed E-state index contributed by atoms with van der Waals surface area (Å²) in [5.41, 5.74) is 0.878. The van der Waals surface area contributed by atoms with Gasteiger partial charge in [0.05, 0.1) is 27.2 Å². The molecule has 1 aromatic heterocycles. The van der Waals surface area contributed by atoms with Crippen molar-refractivity contribution < 1.29 is 13.2 Å². The number of fused-ring (bicyclic) bond motifs is 1. The zero-order valence-electron chi connectivity index (χ0n) is 15.7. The molecule has 2 aromatic carbocycles. The van der Waals surface area contributed by atoms with Gasteiger partial charge in [-0.3, -0.25) is 9.52 Å². The molecule has 3 rings (SSSR count). The fourth-order valence-electron chi connectivity index (χ4n) is 2.60. The average molecular weight is 402 g/mol. The van der Waals surface area contributed by atoms with Crippen molar-refractivity contribution in [3.63, 3.8) is 0 Å². The third-order valence-corrected chi connectivity index (χ3v) is 5.94. The van der Waals surface area contributed by atoms with Crippen LogP contribution in [0, 0.1) is 5.92 Å². The molecular weight excluding hydrogens is 380 g/mol. The Kier molecular flexibility index (Phi) is 5.28. The maximum Gasteiger partial charge on any atom is 0.323 e. The number of carbonyl (C=O) groups is 1. The number of para-hydroxylation sites is 1. The van der Waals surface area contributed by atoms with Crippen LogP contribution in [0.15, 0.2) is 52.2 Å². The van der Waals surface area contributed by atoms with Gasteiger partial charge >= 0.3 is 5.69 Å². The van der Waals surface area contributed by atoms with Crippen LogP contribution in [-0.2, 0) is 10.0 Å². The van der Waals surface area contributed by atoms with Crippen LogP contribution in [0.25, 0.3) is 11.0 Å². The Bertz CT molecular complexity index is 1180. The highest BCUT2D eigenvalue weighted by atomic mass is 32.2. The molecule has 28 heavy (non-hydrogen) atoms. The van der Waals surface area contributed by atoms with Crippen LogP contribution in [0.1, 0.15) is 31.1 Å². The van der Waals surface area contributed by atoms with Crippen molar-refractivity contribution in [1.29, 1.82) is 0 Å². The summed E-state index contributed by atoms with van der Waals surface area (Å²) < 4.78 is 28.1. The molecule has 9 heteroatoms. The molecular formula is C19H22N4O4S. The molecule has 0 aliphatic heterocycles. The molecule has 1 amide bonds. The Morgan fingerprint density at radius 2 is 1.68 bits per heavy atom. The average Bonchev–Trinajstić information content (AvgIpc) is 3.00. The third-order valence-electron chi connectivity index (χ3n) is 4.57. The molecule has 0 saturated carbocycles. The highest BCUT2D eigenvalue weighted by Crippen LogP contribution is 2.22. The topological polar surface area (TPSA) is 124 Å². The first-order valence-corrected chi connectivity index (χ1v) is 10.3. The minimum Gasteiger partial charge on any atom is -0.349 e. The number of nitrogens with one attached hydrogen (secondary N) is 4. The van der Waals surface area contributed by atoms with Gasteiger partial charge in [-0.2, -0.15) is 0 Å². The second-order valence-corrected chi connectivity index (χ2v) is 8.63. The van der Waals surface area contributed by atoms with E-state index < -0.39 is 15.7 Å². The molecule has 148 valence electrons. The molecule has 0 fully saturated rings. The lowest BCUT2D eigenvalue weighted by molar-refractivity contribution is 0.0931. The smallest absolute Gasteiger partial charge is 0.323 e. The highest BCUT2D eigenvalue weighted by Gasteiger charge is 2.20. The van der Waals surface area contributed by atoms with Crippen molar-refractivity contribution in [3.8, 4) is 0 Å². The van der Waals surface area contributed by atoms with E-state index in [0.29, 0.717) is 11.0 Å². The summed E-state index contributed by atoms with van der Waals surface area (Å²) in [4.78, 5) is 29.0. The SMILES string of the molecule is CC(C)C(C)NC(=O)c1ccccc1NS(=O)(=O)c1ccc2[nH]c(=O)[nH]c2c1. The van der Waals surface area contributed by atoms with Crippen LogP contribution in [0.4, 0.5) is 5.69 Å². The predicted molar refractivity (Wildman–Crippen MR) is 108 cm³/mol. The molecule has 0 saturated heterocycles. The zero-order chi connectivity index (χ0) is 20.5. The van der Waals surface area contributed by atoms with E-state index in [1.54, 1.807) is 18.2 Å². The fourth-order valence-corrected chi connectivity index (χ4v) is 3.71. The molecule has 1 unspecified atom stereocenters. The molecule has 4 N–H and O–H groups in total. The summed E-state index contributed by atoms with van der Waals surface area (Å²) in [6.45, 7) is 5.87. The Hall–Kier alpha value is -3.07. The summed E-state index contributed by atoms with van der Waals surface area (Å²) in [7, 11) is -3.96. The second kappa shape index (κ2) is 7.51. The van der Waals surface area contributed by atoms with Crippen LogP contribution in [0.5, 0.6) is 0 Å². The number of hydrogen-bond donors (Lipinski definition) is 4. The maximum atomic E-state index is 12.8. The van der Waals surface area contributed by atoms with Gasteiger partial charge < -0.3 is 15.3 Å². The summed E-state index contributed by atoms with van der Waals surface area (Å²) in [5.74, 6) is -0.118. The molecule has 3 aromatic rings. The summed E-state index contributed by atoms with van der Waals surface area (Å²) in [5, 5.41) is 2.87. The summed E-state index contributed by atoms with van der Waals surface area (Å²) in [6.07, 6.45) is 0. The second-order valence-electron chi connectivity index (χ2n) is 6.94. The molecule has 1 heterocycles. The van der Waals surface area contributed by atoms with Crippen molar-refractivity contribution in [3.05, 3.63) is 58.5 Å². The number of amides is 1. The van der Waals surface area contributed by atoms with Crippen molar-refractivity contribution in [2.45, 2.75) is 31.7 Å². The molecule has 0 spiro atoms. The molecule has 0 radical (unpaired) electrons. The third kappa shape index (κ3) is 4.09. The number of imidazole rings is 1. The van der Waals surface area contributed by atoms with Crippen molar-refractivity contribution in [2.75, 3.05) is 4.72 Å². The van der Waals surface area contributed by atoms with Gasteiger partial charge in [0.25, 0.3) is 15.9 Å². The van der Waals surface area contributed by atoms with E-state index in [0.717, 1.165) is 0 Å². The quantitative estimate of drug-likeness (QED) is 0.505. The monoisotopic (exact) mass is 402 g/mol. The van der Waals surface area contributed by atoms with Gasteiger partial charge in [0.2, 0.25) is 0 Å². The fraction of sp³-hybridized carbons (Fsp3) is 0.263. The number of aromatic nitrogens is 2. The van der Waals surface area contributed by atoms with Gasteiger partial charge in [0.15, 0.2) is 0 Å². The number of hydrogen-bond acceptors (Lipinski definition) is 4. The Labute approximate surface area is 162 Å². The molecule has 1 atom stereocenters. The van der Waals surface area contributed by atoms with Gasteiger partial charge in [-0.15, -0.1) is 0 Å². The number of sulfonamides is 1. The van der Waals surface area contributed by atoms with Crippen LogP contribution in [0.2, 0.25) is 0 Å². The van der Waals surface area contributed by atoms with Crippen LogP contribution in [-0.4, -0.2) is 30.3 Å². The standard InChI is InChI=1S/C19H22N4O4S/c1-11(2)12(3)20-18(24)14-6-4-5-7-15(14)23-28(26,27)13-8-9-16-17(10-13)22-19(25)21-16/h4-12,23H,1-3H3,(H,20,24)(H2,21,22,25). The van der Waals surface area contributed by atoms with Crippen LogP contribution < -0.4 is 15.7 Å². The Morgan fingerprint density at radius 1 is 1.00 bits per heavy atom. The molecule has 0 aliphatic carbocycles. The van der Waals surface area contributed by atoms with Crippen molar-refractivity contribution in [2.24, 2.45) is 5.92 Å². The van der Waals surface area contributed by atoms with Crippen LogP contribution >= 0.6 is 0 Å². The minimum atomic E-state index is -3.96. The van der Waals surface area contributed by atoms with E-state index in [-0.39, 0.29) is 34.0 Å².